The van der Waals surface area contributed by atoms with Crippen molar-refractivity contribution in [3.05, 3.63) is 45.3 Å². The molecule has 1 aromatic carbocycles. The minimum Gasteiger partial charge on any atom is -0.468 e. The van der Waals surface area contributed by atoms with E-state index in [0.29, 0.717) is 22.2 Å². The molecule has 20 heavy (non-hydrogen) atoms. The van der Waals surface area contributed by atoms with Gasteiger partial charge in [0.15, 0.2) is 5.57 Å². The van der Waals surface area contributed by atoms with E-state index in [1.165, 1.54) is 7.11 Å². The van der Waals surface area contributed by atoms with E-state index < -0.39 is 12.1 Å². The molecule has 5 nitrogen and oxygen atoms in total. The molecular weight excluding hydrogens is 303 g/mol. The van der Waals surface area contributed by atoms with Gasteiger partial charge >= 0.3 is 5.97 Å². The molecule has 0 amide bonds. The summed E-state index contributed by atoms with van der Waals surface area (Å²) >= 11 is 12.2. The minimum atomic E-state index is -0.763. The predicted molar refractivity (Wildman–Crippen MR) is 72.9 cm³/mol. The topological polar surface area (TPSA) is 71.4 Å². The molecule has 1 aliphatic rings. The Morgan fingerprint density at radius 1 is 1.50 bits per heavy atom. The summed E-state index contributed by atoms with van der Waals surface area (Å²) in [6.45, 7) is 0.348. The number of ether oxygens (including phenoxy) is 2. The van der Waals surface area contributed by atoms with Gasteiger partial charge in [-0.05, 0) is 12.1 Å². The molecule has 2 rings (SSSR count). The molecule has 1 aliphatic heterocycles. The lowest BCUT2D eigenvalue weighted by Gasteiger charge is -2.13. The maximum atomic E-state index is 11.4. The first-order valence-electron chi connectivity index (χ1n) is 5.65. The number of nitrogens with zero attached hydrogens (tertiary/aromatic N) is 1. The highest BCUT2D eigenvalue weighted by molar-refractivity contribution is 6.36. The monoisotopic (exact) mass is 312 g/mol. The van der Waals surface area contributed by atoms with Crippen LogP contribution in [0.1, 0.15) is 11.7 Å². The van der Waals surface area contributed by atoms with Gasteiger partial charge in [-0.15, -0.1) is 0 Å². The number of nitriles is 1. The second-order valence-corrected chi connectivity index (χ2v) is 4.74. The van der Waals surface area contributed by atoms with Crippen LogP contribution in [0, 0.1) is 11.3 Å². The molecule has 1 N–H and O–H groups in total. The van der Waals surface area contributed by atoms with Crippen LogP contribution in [0.15, 0.2) is 29.7 Å². The number of esters is 1. The standard InChI is InChI=1S/C13H10Cl2N2O3/c1-19-13(18)7(5-16)12-17-6-10(20-12)11-8(14)3-2-4-9(11)15/h2-4,10,17H,6H2,1H3/b12-7-. The van der Waals surface area contributed by atoms with Crippen LogP contribution in [-0.2, 0) is 14.3 Å². The molecule has 1 atom stereocenters. The fraction of sp³-hybridized carbons (Fsp3) is 0.231. The van der Waals surface area contributed by atoms with E-state index in [-0.39, 0.29) is 11.5 Å². The van der Waals surface area contributed by atoms with Crippen molar-refractivity contribution in [2.24, 2.45) is 0 Å². The van der Waals surface area contributed by atoms with Crippen LogP contribution in [0.3, 0.4) is 0 Å². The second kappa shape index (κ2) is 6.04. The SMILES string of the molecule is COC(=O)/C(C#N)=C1/NCC(c2c(Cl)cccc2Cl)O1. The number of rotatable bonds is 2. The van der Waals surface area contributed by atoms with Gasteiger partial charge in [0.25, 0.3) is 0 Å². The van der Waals surface area contributed by atoms with Crippen molar-refractivity contribution in [1.29, 1.82) is 5.26 Å². The molecule has 0 spiro atoms. The minimum absolute atomic E-state index is 0.0698. The smallest absolute Gasteiger partial charge is 0.354 e. The molecule has 0 aromatic heterocycles. The highest BCUT2D eigenvalue weighted by Gasteiger charge is 2.30. The normalized spacial score (nSPS) is 19.6. The number of hydrogen-bond donors (Lipinski definition) is 1. The average Bonchev–Trinajstić information content (AvgIpc) is 2.88. The summed E-state index contributed by atoms with van der Waals surface area (Å²) < 4.78 is 10.1. The van der Waals surface area contributed by atoms with Gasteiger partial charge in [0.05, 0.1) is 13.7 Å². The van der Waals surface area contributed by atoms with Gasteiger partial charge in [0, 0.05) is 15.6 Å². The Morgan fingerprint density at radius 3 is 2.70 bits per heavy atom. The number of carbonyl (C=O) groups is 1. The Hall–Kier alpha value is -1.90. The van der Waals surface area contributed by atoms with Crippen molar-refractivity contribution in [2.75, 3.05) is 13.7 Å². The summed E-state index contributed by atoms with van der Waals surface area (Å²) in [7, 11) is 1.19. The molecule has 7 heteroatoms. The molecule has 0 aliphatic carbocycles. The summed E-state index contributed by atoms with van der Waals surface area (Å²) in [5.41, 5.74) is 0.388. The van der Waals surface area contributed by atoms with Crippen LogP contribution in [0.5, 0.6) is 0 Å². The van der Waals surface area contributed by atoms with Gasteiger partial charge < -0.3 is 14.8 Å². The van der Waals surface area contributed by atoms with Crippen LogP contribution >= 0.6 is 23.2 Å². The number of halogens is 2. The highest BCUT2D eigenvalue weighted by atomic mass is 35.5. The van der Waals surface area contributed by atoms with Gasteiger partial charge in [0.2, 0.25) is 5.88 Å². The van der Waals surface area contributed by atoms with Crippen LogP contribution in [0.4, 0.5) is 0 Å². The Bertz CT molecular complexity index is 602. The maximum Gasteiger partial charge on any atom is 0.354 e. The zero-order valence-corrected chi connectivity index (χ0v) is 12.0. The van der Waals surface area contributed by atoms with E-state index in [9.17, 15) is 4.79 Å². The predicted octanol–water partition coefficient (Wildman–Crippen LogP) is 2.56. The van der Waals surface area contributed by atoms with E-state index >= 15 is 0 Å². The molecule has 0 bridgehead atoms. The first-order valence-corrected chi connectivity index (χ1v) is 6.41. The van der Waals surface area contributed by atoms with Crippen molar-refractivity contribution in [2.45, 2.75) is 6.10 Å². The fourth-order valence-corrected chi connectivity index (χ4v) is 2.47. The first kappa shape index (κ1) is 14.5. The van der Waals surface area contributed by atoms with Gasteiger partial charge in [-0.2, -0.15) is 5.26 Å². The number of methoxy groups -OCH3 is 1. The molecule has 0 saturated carbocycles. The van der Waals surface area contributed by atoms with Crippen LogP contribution < -0.4 is 5.32 Å². The van der Waals surface area contributed by atoms with Gasteiger partial charge in [-0.1, -0.05) is 29.3 Å². The first-order chi connectivity index (χ1) is 9.58. The quantitative estimate of drug-likeness (QED) is 0.516. The zero-order chi connectivity index (χ0) is 14.7. The van der Waals surface area contributed by atoms with E-state index in [1.54, 1.807) is 24.3 Å². The molecule has 1 unspecified atom stereocenters. The van der Waals surface area contributed by atoms with Gasteiger partial charge in [-0.25, -0.2) is 4.79 Å². The third-order valence-corrected chi connectivity index (χ3v) is 3.42. The highest BCUT2D eigenvalue weighted by Crippen LogP contribution is 2.35. The van der Waals surface area contributed by atoms with Crippen molar-refractivity contribution in [1.82, 2.24) is 5.32 Å². The van der Waals surface area contributed by atoms with E-state index in [0.717, 1.165) is 0 Å². The Balaban J connectivity index is 2.32. The third kappa shape index (κ3) is 2.67. The fourth-order valence-electron chi connectivity index (χ4n) is 1.83. The van der Waals surface area contributed by atoms with E-state index in [4.69, 9.17) is 33.2 Å². The molecule has 0 radical (unpaired) electrons. The van der Waals surface area contributed by atoms with Crippen molar-refractivity contribution in [3.8, 4) is 6.07 Å². The van der Waals surface area contributed by atoms with Crippen molar-refractivity contribution >= 4 is 29.2 Å². The summed E-state index contributed by atoms with van der Waals surface area (Å²) in [5, 5.41) is 12.7. The summed E-state index contributed by atoms with van der Waals surface area (Å²) in [6, 6.07) is 6.86. The molecule has 1 saturated heterocycles. The number of benzene rings is 1. The van der Waals surface area contributed by atoms with Gasteiger partial charge in [-0.3, -0.25) is 0 Å². The number of hydrogen-bond acceptors (Lipinski definition) is 5. The summed E-state index contributed by atoms with van der Waals surface area (Å²) in [6.07, 6.45) is -0.473. The van der Waals surface area contributed by atoms with Crippen LogP contribution in [0.2, 0.25) is 10.0 Å². The van der Waals surface area contributed by atoms with Gasteiger partial charge in [0.1, 0.15) is 12.2 Å². The molecule has 1 heterocycles. The largest absolute Gasteiger partial charge is 0.468 e. The lowest BCUT2D eigenvalue weighted by molar-refractivity contribution is -0.135. The van der Waals surface area contributed by atoms with Crippen LogP contribution in [-0.4, -0.2) is 19.6 Å². The Morgan fingerprint density at radius 2 is 2.15 bits per heavy atom. The van der Waals surface area contributed by atoms with Crippen molar-refractivity contribution < 1.29 is 14.3 Å². The van der Waals surface area contributed by atoms with E-state index in [2.05, 4.69) is 10.1 Å². The average molecular weight is 313 g/mol. The third-order valence-electron chi connectivity index (χ3n) is 2.76. The molecule has 1 aromatic rings. The lowest BCUT2D eigenvalue weighted by Crippen LogP contribution is -2.13. The summed E-state index contributed by atoms with van der Waals surface area (Å²) in [5.74, 6) is -0.693. The number of carbonyl (C=O) groups excluding carboxylic acids is 1. The molecular formula is C13H10Cl2N2O3. The van der Waals surface area contributed by atoms with E-state index in [1.807, 2.05) is 0 Å². The van der Waals surface area contributed by atoms with Crippen molar-refractivity contribution in [3.63, 3.8) is 0 Å². The lowest BCUT2D eigenvalue weighted by atomic mass is 10.1. The Kier molecular flexibility index (Phi) is 4.38. The van der Waals surface area contributed by atoms with Crippen LogP contribution in [0.25, 0.3) is 0 Å². The number of nitrogens with one attached hydrogen (secondary N) is 1. The zero-order valence-electron chi connectivity index (χ0n) is 10.4. The summed E-state index contributed by atoms with van der Waals surface area (Å²) in [4.78, 5) is 11.4. The molecule has 1 fully saturated rings. The maximum absolute atomic E-state index is 11.4. The Labute approximate surface area is 125 Å². The molecule has 104 valence electrons. The second-order valence-electron chi connectivity index (χ2n) is 3.93.